The summed E-state index contributed by atoms with van der Waals surface area (Å²) in [6.45, 7) is 5.27. The van der Waals surface area contributed by atoms with Crippen LogP contribution in [0, 0.1) is 0 Å². The molecule has 0 fully saturated rings. The highest BCUT2D eigenvalue weighted by atomic mass is 16.5. The van der Waals surface area contributed by atoms with Gasteiger partial charge in [0.05, 0.1) is 13.5 Å². The molecule has 0 amide bonds. The Kier molecular flexibility index (Phi) is 4.21. The van der Waals surface area contributed by atoms with E-state index in [1.807, 2.05) is 42.5 Å². The van der Waals surface area contributed by atoms with Crippen molar-refractivity contribution in [2.45, 2.75) is 19.4 Å². The van der Waals surface area contributed by atoms with Gasteiger partial charge >= 0.3 is 11.9 Å². The Morgan fingerprint density at radius 2 is 1.79 bits per heavy atom. The number of hydrogen-bond acceptors (Lipinski definition) is 4. The van der Waals surface area contributed by atoms with Gasteiger partial charge in [0, 0.05) is 16.7 Å². The van der Waals surface area contributed by atoms with Gasteiger partial charge < -0.3 is 9.47 Å². The summed E-state index contributed by atoms with van der Waals surface area (Å²) in [5.74, 6) is -0.701. The molecule has 3 rings (SSSR count). The lowest BCUT2D eigenvalue weighted by Crippen LogP contribution is -2.11. The van der Waals surface area contributed by atoms with Gasteiger partial charge in [0.15, 0.2) is 6.10 Å². The van der Waals surface area contributed by atoms with E-state index in [4.69, 9.17) is 9.47 Å². The molecule has 1 atom stereocenters. The van der Waals surface area contributed by atoms with E-state index in [2.05, 4.69) is 6.58 Å². The Bertz CT molecular complexity index is 835. The number of rotatable bonds is 4. The summed E-state index contributed by atoms with van der Waals surface area (Å²) >= 11 is 0. The number of ether oxygens (including phenoxy) is 2. The van der Waals surface area contributed by atoms with Crippen molar-refractivity contribution >= 4 is 11.9 Å². The standard InChI is InChI=1S/C20H18O4/c1-12(2)20(22)24-19-15-7-5-4-6-14(15)17-10-13(8-9-16(17)19)11-18(21)23-3/h4-10,19H,1,11H2,2-3H3. The summed E-state index contributed by atoms with van der Waals surface area (Å²) in [4.78, 5) is 23.5. The summed E-state index contributed by atoms with van der Waals surface area (Å²) in [6.07, 6.45) is -0.241. The van der Waals surface area contributed by atoms with E-state index >= 15 is 0 Å². The maximum Gasteiger partial charge on any atom is 0.334 e. The lowest BCUT2D eigenvalue weighted by Gasteiger charge is -2.15. The molecule has 4 heteroatoms. The quantitative estimate of drug-likeness (QED) is 0.637. The Morgan fingerprint density at radius 3 is 2.50 bits per heavy atom. The van der Waals surface area contributed by atoms with Crippen LogP contribution in [0.5, 0.6) is 0 Å². The van der Waals surface area contributed by atoms with Gasteiger partial charge in [0.1, 0.15) is 0 Å². The van der Waals surface area contributed by atoms with Crippen LogP contribution in [0.15, 0.2) is 54.6 Å². The van der Waals surface area contributed by atoms with E-state index in [1.165, 1.54) is 7.11 Å². The molecule has 0 heterocycles. The molecule has 1 aliphatic carbocycles. The largest absolute Gasteiger partial charge is 0.469 e. The fourth-order valence-corrected chi connectivity index (χ4v) is 2.89. The van der Waals surface area contributed by atoms with Gasteiger partial charge in [-0.05, 0) is 23.6 Å². The third-order valence-electron chi connectivity index (χ3n) is 4.08. The first-order chi connectivity index (χ1) is 11.5. The van der Waals surface area contributed by atoms with Crippen molar-refractivity contribution in [1.29, 1.82) is 0 Å². The first kappa shape index (κ1) is 16.0. The minimum absolute atomic E-state index is 0.210. The molecule has 2 aromatic carbocycles. The Hall–Kier alpha value is -2.88. The minimum Gasteiger partial charge on any atom is -0.469 e. The van der Waals surface area contributed by atoms with Gasteiger partial charge in [-0.15, -0.1) is 0 Å². The molecule has 0 aromatic heterocycles. The molecule has 2 aromatic rings. The van der Waals surface area contributed by atoms with Crippen molar-refractivity contribution in [3.8, 4) is 11.1 Å². The summed E-state index contributed by atoms with van der Waals surface area (Å²) in [7, 11) is 1.37. The molecular formula is C20H18O4. The average molecular weight is 322 g/mol. The molecule has 0 aliphatic heterocycles. The predicted octanol–water partition coefficient (Wildman–Crippen LogP) is 3.59. The van der Waals surface area contributed by atoms with E-state index in [-0.39, 0.29) is 12.4 Å². The molecular weight excluding hydrogens is 304 g/mol. The van der Waals surface area contributed by atoms with Crippen LogP contribution < -0.4 is 0 Å². The van der Waals surface area contributed by atoms with Crippen molar-refractivity contribution in [2.24, 2.45) is 0 Å². The average Bonchev–Trinajstić information content (AvgIpc) is 2.88. The molecule has 0 saturated carbocycles. The van der Waals surface area contributed by atoms with Gasteiger partial charge in [-0.25, -0.2) is 4.79 Å². The van der Waals surface area contributed by atoms with Crippen molar-refractivity contribution in [3.63, 3.8) is 0 Å². The van der Waals surface area contributed by atoms with Crippen LogP contribution in [0.3, 0.4) is 0 Å². The summed E-state index contributed by atoms with van der Waals surface area (Å²) < 4.78 is 10.4. The molecule has 0 radical (unpaired) electrons. The van der Waals surface area contributed by atoms with Crippen LogP contribution in [0.2, 0.25) is 0 Å². The Morgan fingerprint density at radius 1 is 1.08 bits per heavy atom. The lowest BCUT2D eigenvalue weighted by atomic mass is 10.0. The highest BCUT2D eigenvalue weighted by Gasteiger charge is 2.31. The van der Waals surface area contributed by atoms with Crippen molar-refractivity contribution in [2.75, 3.05) is 7.11 Å². The number of carbonyl (C=O) groups is 2. The normalized spacial score (nSPS) is 14.5. The van der Waals surface area contributed by atoms with Gasteiger partial charge in [-0.1, -0.05) is 49.0 Å². The second-order valence-electron chi connectivity index (χ2n) is 5.83. The molecule has 24 heavy (non-hydrogen) atoms. The summed E-state index contributed by atoms with van der Waals surface area (Å²) in [5, 5.41) is 0. The van der Waals surface area contributed by atoms with Crippen molar-refractivity contribution < 1.29 is 19.1 Å². The van der Waals surface area contributed by atoms with Crippen molar-refractivity contribution in [1.82, 2.24) is 0 Å². The minimum atomic E-state index is -0.451. The number of carbonyl (C=O) groups excluding carboxylic acids is 2. The highest BCUT2D eigenvalue weighted by molar-refractivity contribution is 5.88. The third-order valence-corrected chi connectivity index (χ3v) is 4.08. The zero-order chi connectivity index (χ0) is 17.3. The van der Waals surface area contributed by atoms with E-state index in [0.29, 0.717) is 5.57 Å². The molecule has 0 saturated heterocycles. The van der Waals surface area contributed by atoms with Gasteiger partial charge in [0.2, 0.25) is 0 Å². The van der Waals surface area contributed by atoms with E-state index in [0.717, 1.165) is 27.8 Å². The van der Waals surface area contributed by atoms with Crippen LogP contribution in [-0.2, 0) is 25.5 Å². The van der Waals surface area contributed by atoms with Crippen LogP contribution in [-0.4, -0.2) is 19.0 Å². The summed E-state index contributed by atoms with van der Waals surface area (Å²) in [5.41, 5.74) is 5.08. The SMILES string of the molecule is C=C(C)C(=O)OC1c2ccccc2-c2cc(CC(=O)OC)ccc21. The zero-order valence-electron chi connectivity index (χ0n) is 13.7. The molecule has 0 bridgehead atoms. The highest BCUT2D eigenvalue weighted by Crippen LogP contribution is 2.45. The zero-order valence-corrected chi connectivity index (χ0v) is 13.7. The van der Waals surface area contributed by atoms with Crippen LogP contribution in [0.1, 0.15) is 29.7 Å². The monoisotopic (exact) mass is 322 g/mol. The van der Waals surface area contributed by atoms with Gasteiger partial charge in [-0.2, -0.15) is 0 Å². The lowest BCUT2D eigenvalue weighted by molar-refractivity contribution is -0.142. The number of benzene rings is 2. The van der Waals surface area contributed by atoms with Crippen molar-refractivity contribution in [3.05, 3.63) is 71.3 Å². The number of fused-ring (bicyclic) bond motifs is 3. The van der Waals surface area contributed by atoms with E-state index < -0.39 is 12.1 Å². The fraction of sp³-hybridized carbons (Fsp3) is 0.200. The van der Waals surface area contributed by atoms with Gasteiger partial charge in [0.25, 0.3) is 0 Å². The topological polar surface area (TPSA) is 52.6 Å². The van der Waals surface area contributed by atoms with E-state index in [1.54, 1.807) is 6.92 Å². The maximum atomic E-state index is 12.0. The Labute approximate surface area is 140 Å². The smallest absolute Gasteiger partial charge is 0.334 e. The van der Waals surface area contributed by atoms with E-state index in [9.17, 15) is 9.59 Å². The van der Waals surface area contributed by atoms with Crippen LogP contribution in [0.4, 0.5) is 0 Å². The predicted molar refractivity (Wildman–Crippen MR) is 90.3 cm³/mol. The molecule has 1 unspecified atom stereocenters. The molecule has 0 spiro atoms. The fourth-order valence-electron chi connectivity index (χ4n) is 2.89. The molecule has 4 nitrogen and oxygen atoms in total. The second-order valence-corrected chi connectivity index (χ2v) is 5.83. The number of methoxy groups -OCH3 is 1. The molecule has 122 valence electrons. The third kappa shape index (κ3) is 2.83. The number of esters is 2. The maximum absolute atomic E-state index is 12.0. The summed E-state index contributed by atoms with van der Waals surface area (Å²) in [6, 6.07) is 13.5. The van der Waals surface area contributed by atoms with Crippen LogP contribution >= 0.6 is 0 Å². The van der Waals surface area contributed by atoms with Crippen LogP contribution in [0.25, 0.3) is 11.1 Å². The molecule has 1 aliphatic rings. The Balaban J connectivity index is 2.03. The first-order valence-corrected chi connectivity index (χ1v) is 7.66. The number of hydrogen-bond donors (Lipinski definition) is 0. The first-order valence-electron chi connectivity index (χ1n) is 7.66. The second kappa shape index (κ2) is 6.32. The van der Waals surface area contributed by atoms with Gasteiger partial charge in [-0.3, -0.25) is 4.79 Å². The molecule has 0 N–H and O–H groups in total.